The molecule has 0 bridgehead atoms. The minimum Gasteiger partial charge on any atom is -0.497 e. The maximum Gasteiger partial charge on any atom is 0.265 e. The number of hydroxylamine groups is 1. The van der Waals surface area contributed by atoms with Crippen LogP contribution in [-0.4, -0.2) is 50.6 Å². The number of ether oxygens (including phenoxy) is 2. The first-order valence-electron chi connectivity index (χ1n) is 11.1. The van der Waals surface area contributed by atoms with Crippen LogP contribution < -0.4 is 20.3 Å². The van der Waals surface area contributed by atoms with Gasteiger partial charge in [-0.25, -0.2) is 13.9 Å². The first-order chi connectivity index (χ1) is 15.8. The van der Waals surface area contributed by atoms with Gasteiger partial charge in [0.05, 0.1) is 18.6 Å². The normalized spacial score (nSPS) is 18.2. The summed E-state index contributed by atoms with van der Waals surface area (Å²) in [4.78, 5) is 12.6. The van der Waals surface area contributed by atoms with E-state index < -0.39 is 20.5 Å². The van der Waals surface area contributed by atoms with E-state index in [2.05, 4.69) is 5.32 Å². The molecule has 3 rings (SSSR count). The van der Waals surface area contributed by atoms with Crippen LogP contribution in [0.15, 0.2) is 53.4 Å². The number of sulfone groups is 1. The number of rotatable bonds is 10. The van der Waals surface area contributed by atoms with Crippen molar-refractivity contribution in [2.24, 2.45) is 0 Å². The molecule has 2 aromatic carbocycles. The fraction of sp³-hybridized carbons (Fsp3) is 0.458. The highest BCUT2D eigenvalue weighted by Gasteiger charge is 2.47. The van der Waals surface area contributed by atoms with Crippen molar-refractivity contribution in [3.63, 3.8) is 0 Å². The van der Waals surface area contributed by atoms with Gasteiger partial charge in [0.25, 0.3) is 5.91 Å². The molecule has 1 saturated heterocycles. The third kappa shape index (κ3) is 5.85. The van der Waals surface area contributed by atoms with Crippen molar-refractivity contribution in [1.82, 2.24) is 10.8 Å². The molecule has 9 heteroatoms. The largest absolute Gasteiger partial charge is 0.497 e. The summed E-state index contributed by atoms with van der Waals surface area (Å²) in [6, 6.07) is 13.3. The Morgan fingerprint density at radius 3 is 2.58 bits per heavy atom. The summed E-state index contributed by atoms with van der Waals surface area (Å²) in [7, 11) is -2.68. The summed E-state index contributed by atoms with van der Waals surface area (Å²) in [5.74, 6) is 0.0977. The molecule has 2 atom stereocenters. The quantitative estimate of drug-likeness (QED) is 0.357. The lowest BCUT2D eigenvalue weighted by Crippen LogP contribution is -2.51. The third-order valence-electron chi connectivity index (χ3n) is 6.13. The van der Waals surface area contributed by atoms with E-state index in [9.17, 15) is 18.4 Å². The molecule has 33 heavy (non-hydrogen) atoms. The number of piperidine rings is 1. The van der Waals surface area contributed by atoms with Gasteiger partial charge in [-0.1, -0.05) is 18.6 Å². The zero-order valence-corrected chi connectivity index (χ0v) is 19.9. The second kappa shape index (κ2) is 11.0. The molecule has 0 saturated carbocycles. The van der Waals surface area contributed by atoms with Gasteiger partial charge >= 0.3 is 0 Å². The molecule has 1 heterocycles. The fourth-order valence-electron chi connectivity index (χ4n) is 4.05. The van der Waals surface area contributed by atoms with Gasteiger partial charge in [-0.2, -0.15) is 0 Å². The number of amides is 1. The summed E-state index contributed by atoms with van der Waals surface area (Å²) in [5, 5.41) is 12.8. The lowest BCUT2D eigenvalue weighted by Gasteiger charge is -2.27. The van der Waals surface area contributed by atoms with E-state index in [0.29, 0.717) is 29.7 Å². The molecule has 3 N–H and O–H groups in total. The summed E-state index contributed by atoms with van der Waals surface area (Å²) >= 11 is 0. The van der Waals surface area contributed by atoms with E-state index in [1.165, 1.54) is 56.6 Å². The molecule has 1 fully saturated rings. The van der Waals surface area contributed by atoms with Gasteiger partial charge < -0.3 is 14.8 Å². The Hall–Kier alpha value is -2.62. The molecule has 0 aliphatic carbocycles. The van der Waals surface area contributed by atoms with Crippen LogP contribution in [0.5, 0.6) is 11.5 Å². The molecule has 8 nitrogen and oxygen atoms in total. The lowest BCUT2D eigenvalue weighted by molar-refractivity contribution is -0.131. The maximum atomic E-state index is 13.4. The number of carbonyl (C=O) groups excluding carboxylic acids is 1. The predicted molar refractivity (Wildman–Crippen MR) is 124 cm³/mol. The Kier molecular flexibility index (Phi) is 8.34. The highest BCUT2D eigenvalue weighted by atomic mass is 32.2. The summed E-state index contributed by atoms with van der Waals surface area (Å²) in [6.07, 6.45) is 4.32. The van der Waals surface area contributed by atoms with Crippen molar-refractivity contribution in [3.05, 3.63) is 54.1 Å². The zero-order valence-electron chi connectivity index (χ0n) is 19.0. The standard InChI is InChI=1S/C24H32N2O6S/c1-24(23(27)26-28,33(29,30)22-11-9-20(31-2)10-12-22)17-18-6-5-8-21(16-18)32-15-13-19-7-3-4-14-25-19/h5-6,8-12,16,19,25,28H,3-4,7,13-15,17H2,1-2H3,(H,26,27). The van der Waals surface area contributed by atoms with Gasteiger partial charge in [0.1, 0.15) is 11.5 Å². The number of hydrogen-bond acceptors (Lipinski definition) is 7. The Labute approximate surface area is 195 Å². The highest BCUT2D eigenvalue weighted by Crippen LogP contribution is 2.31. The first kappa shape index (κ1) is 25.0. The van der Waals surface area contributed by atoms with Gasteiger partial charge in [0, 0.05) is 12.5 Å². The molecule has 1 amide bonds. The Balaban J connectivity index is 1.77. The topological polar surface area (TPSA) is 114 Å². The van der Waals surface area contributed by atoms with Gasteiger partial charge in [-0.3, -0.25) is 10.0 Å². The molecule has 0 radical (unpaired) electrons. The van der Waals surface area contributed by atoms with Crippen molar-refractivity contribution < 1.29 is 27.9 Å². The molecule has 0 aromatic heterocycles. The third-order valence-corrected chi connectivity index (χ3v) is 8.54. The number of methoxy groups -OCH3 is 1. The van der Waals surface area contributed by atoms with Gasteiger partial charge in [-0.05, 0) is 74.7 Å². The predicted octanol–water partition coefficient (Wildman–Crippen LogP) is 2.89. The Morgan fingerprint density at radius 2 is 1.94 bits per heavy atom. The lowest BCUT2D eigenvalue weighted by atomic mass is 9.99. The van der Waals surface area contributed by atoms with Crippen LogP contribution in [0.1, 0.15) is 38.2 Å². The van der Waals surface area contributed by atoms with E-state index in [-0.39, 0.29) is 11.3 Å². The van der Waals surface area contributed by atoms with E-state index in [1.807, 2.05) is 0 Å². The van der Waals surface area contributed by atoms with E-state index in [0.717, 1.165) is 19.4 Å². The molecule has 2 unspecified atom stereocenters. The van der Waals surface area contributed by atoms with Crippen LogP contribution in [0.3, 0.4) is 0 Å². The van der Waals surface area contributed by atoms with Crippen LogP contribution >= 0.6 is 0 Å². The van der Waals surface area contributed by atoms with Crippen LogP contribution in [0.4, 0.5) is 0 Å². The second-order valence-corrected chi connectivity index (χ2v) is 10.8. The average Bonchev–Trinajstić information content (AvgIpc) is 2.84. The number of hydrogen-bond donors (Lipinski definition) is 3. The Morgan fingerprint density at radius 1 is 1.18 bits per heavy atom. The zero-order chi connectivity index (χ0) is 23.9. The van der Waals surface area contributed by atoms with E-state index in [1.54, 1.807) is 24.3 Å². The van der Waals surface area contributed by atoms with Crippen molar-refractivity contribution in [2.75, 3.05) is 20.3 Å². The van der Waals surface area contributed by atoms with Crippen molar-refractivity contribution >= 4 is 15.7 Å². The van der Waals surface area contributed by atoms with Crippen molar-refractivity contribution in [1.29, 1.82) is 0 Å². The van der Waals surface area contributed by atoms with Gasteiger partial charge in [-0.15, -0.1) is 0 Å². The van der Waals surface area contributed by atoms with Crippen LogP contribution in [-0.2, 0) is 21.1 Å². The monoisotopic (exact) mass is 476 g/mol. The van der Waals surface area contributed by atoms with Crippen molar-refractivity contribution in [3.8, 4) is 11.5 Å². The molecule has 0 spiro atoms. The summed E-state index contributed by atoms with van der Waals surface area (Å²) < 4.78 is 35.9. The maximum absolute atomic E-state index is 13.4. The van der Waals surface area contributed by atoms with Gasteiger partial charge in [0.2, 0.25) is 0 Å². The minimum absolute atomic E-state index is 0.0400. The number of nitrogens with one attached hydrogen (secondary N) is 2. The van der Waals surface area contributed by atoms with Crippen LogP contribution in [0.2, 0.25) is 0 Å². The molecule has 180 valence electrons. The number of carbonyl (C=O) groups is 1. The average molecular weight is 477 g/mol. The molecular weight excluding hydrogens is 444 g/mol. The minimum atomic E-state index is -4.16. The fourth-order valence-corrected chi connectivity index (χ4v) is 5.72. The van der Waals surface area contributed by atoms with Gasteiger partial charge in [0.15, 0.2) is 14.6 Å². The van der Waals surface area contributed by atoms with E-state index >= 15 is 0 Å². The number of benzene rings is 2. The summed E-state index contributed by atoms with van der Waals surface area (Å²) in [5.41, 5.74) is 2.13. The second-order valence-electron chi connectivity index (χ2n) is 8.46. The first-order valence-corrected chi connectivity index (χ1v) is 12.6. The summed E-state index contributed by atoms with van der Waals surface area (Å²) in [6.45, 7) is 2.88. The SMILES string of the molecule is COc1ccc(S(=O)(=O)C(C)(Cc2cccc(OCCC3CCCCN3)c2)C(=O)NO)cc1. The molecular formula is C24H32N2O6S. The Bertz CT molecular complexity index is 1040. The molecule has 2 aromatic rings. The smallest absolute Gasteiger partial charge is 0.265 e. The van der Waals surface area contributed by atoms with Crippen LogP contribution in [0.25, 0.3) is 0 Å². The van der Waals surface area contributed by atoms with Crippen LogP contribution in [0, 0.1) is 0 Å². The molecule has 1 aliphatic heterocycles. The molecule has 1 aliphatic rings. The van der Waals surface area contributed by atoms with Crippen molar-refractivity contribution in [2.45, 2.75) is 54.7 Å². The highest BCUT2D eigenvalue weighted by molar-refractivity contribution is 7.93. The van der Waals surface area contributed by atoms with E-state index in [4.69, 9.17) is 9.47 Å².